The summed E-state index contributed by atoms with van der Waals surface area (Å²) >= 11 is 0. The minimum atomic E-state index is -2.51. The highest BCUT2D eigenvalue weighted by Crippen LogP contribution is 2.44. The van der Waals surface area contributed by atoms with Gasteiger partial charge in [0.15, 0.2) is 0 Å². The first-order chi connectivity index (χ1) is 11.1. The largest absolute Gasteiger partial charge is 0.365 e. The molecule has 1 saturated heterocycles. The SMILES string of the molecule is Fc1cc(N2CC3(CC3)NC3CCCCC32)ccc1CC(F)F. The van der Waals surface area contributed by atoms with Crippen LogP contribution in [-0.2, 0) is 6.42 Å². The number of hydrogen-bond donors (Lipinski definition) is 1. The van der Waals surface area contributed by atoms with E-state index in [1.165, 1.54) is 44.2 Å². The summed E-state index contributed by atoms with van der Waals surface area (Å²) in [6.07, 6.45) is 4.09. The maximum atomic E-state index is 14.2. The van der Waals surface area contributed by atoms with Gasteiger partial charge in [-0.05, 0) is 43.4 Å². The maximum absolute atomic E-state index is 14.2. The van der Waals surface area contributed by atoms with Crippen LogP contribution >= 0.6 is 0 Å². The Hall–Kier alpha value is -1.23. The van der Waals surface area contributed by atoms with Gasteiger partial charge in [0.05, 0.1) is 0 Å². The molecule has 0 bridgehead atoms. The average molecular weight is 324 g/mol. The molecule has 23 heavy (non-hydrogen) atoms. The second-order valence-electron chi connectivity index (χ2n) is 7.38. The molecule has 1 spiro atoms. The van der Waals surface area contributed by atoms with Crippen LogP contribution < -0.4 is 10.2 Å². The van der Waals surface area contributed by atoms with E-state index in [0.29, 0.717) is 12.1 Å². The standard InChI is InChI=1S/C18H23F3N2/c19-14-10-13(6-5-12(14)9-17(20)21)23-11-18(7-8-18)22-15-3-1-2-4-16(15)23/h5-6,10,15-17,22H,1-4,7-9,11H2. The number of fused-ring (bicyclic) bond motifs is 1. The highest BCUT2D eigenvalue weighted by Gasteiger charge is 2.51. The molecule has 3 aliphatic rings. The predicted molar refractivity (Wildman–Crippen MR) is 84.6 cm³/mol. The van der Waals surface area contributed by atoms with Gasteiger partial charge in [-0.15, -0.1) is 0 Å². The van der Waals surface area contributed by atoms with Crippen LogP contribution in [0.1, 0.15) is 44.1 Å². The third-order valence-electron chi connectivity index (χ3n) is 5.69. The molecule has 2 unspecified atom stereocenters. The Bertz CT molecular complexity index is 586. The van der Waals surface area contributed by atoms with Crippen molar-refractivity contribution in [3.8, 4) is 0 Å². The van der Waals surface area contributed by atoms with Crippen LogP contribution in [0.2, 0.25) is 0 Å². The monoisotopic (exact) mass is 324 g/mol. The van der Waals surface area contributed by atoms with Crippen molar-refractivity contribution in [3.05, 3.63) is 29.6 Å². The Kier molecular flexibility index (Phi) is 3.79. The molecular weight excluding hydrogens is 301 g/mol. The molecule has 2 nitrogen and oxygen atoms in total. The van der Waals surface area contributed by atoms with Gasteiger partial charge in [-0.25, -0.2) is 13.2 Å². The molecule has 1 aliphatic heterocycles. The predicted octanol–water partition coefficient (Wildman–Crippen LogP) is 3.89. The summed E-state index contributed by atoms with van der Waals surface area (Å²) in [5.41, 5.74) is 1.17. The molecule has 0 radical (unpaired) electrons. The van der Waals surface area contributed by atoms with Gasteiger partial charge in [0.25, 0.3) is 0 Å². The number of benzene rings is 1. The van der Waals surface area contributed by atoms with Gasteiger partial charge in [-0.1, -0.05) is 18.9 Å². The number of nitrogens with one attached hydrogen (secondary N) is 1. The van der Waals surface area contributed by atoms with Crippen molar-refractivity contribution in [2.24, 2.45) is 0 Å². The van der Waals surface area contributed by atoms with E-state index in [0.717, 1.165) is 18.7 Å². The van der Waals surface area contributed by atoms with Crippen LogP contribution in [0.25, 0.3) is 0 Å². The number of anilines is 1. The summed E-state index contributed by atoms with van der Waals surface area (Å²) in [5.74, 6) is -0.501. The molecule has 2 saturated carbocycles. The van der Waals surface area contributed by atoms with E-state index < -0.39 is 18.7 Å². The van der Waals surface area contributed by atoms with Crippen LogP contribution in [0, 0.1) is 5.82 Å². The molecule has 2 aliphatic carbocycles. The summed E-state index contributed by atoms with van der Waals surface area (Å²) in [6.45, 7) is 0.905. The van der Waals surface area contributed by atoms with Crippen LogP contribution in [-0.4, -0.2) is 30.6 Å². The molecule has 1 aromatic carbocycles. The van der Waals surface area contributed by atoms with Crippen LogP contribution in [0.15, 0.2) is 18.2 Å². The van der Waals surface area contributed by atoms with Gasteiger partial charge in [0.2, 0.25) is 6.43 Å². The zero-order chi connectivity index (χ0) is 16.0. The topological polar surface area (TPSA) is 15.3 Å². The van der Waals surface area contributed by atoms with Crippen LogP contribution in [0.3, 0.4) is 0 Å². The molecule has 4 rings (SSSR count). The van der Waals surface area contributed by atoms with E-state index >= 15 is 0 Å². The lowest BCUT2D eigenvalue weighted by molar-refractivity contribution is 0.148. The number of nitrogens with zero attached hydrogens (tertiary/aromatic N) is 1. The molecule has 5 heteroatoms. The van der Waals surface area contributed by atoms with Crippen molar-refractivity contribution in [1.29, 1.82) is 0 Å². The summed E-state index contributed by atoms with van der Waals surface area (Å²) < 4.78 is 39.2. The quantitative estimate of drug-likeness (QED) is 0.907. The number of hydrogen-bond acceptors (Lipinski definition) is 2. The fourth-order valence-electron chi connectivity index (χ4n) is 4.32. The average Bonchev–Trinajstić information content (AvgIpc) is 3.27. The van der Waals surface area contributed by atoms with Crippen LogP contribution in [0.5, 0.6) is 0 Å². The minimum Gasteiger partial charge on any atom is -0.365 e. The number of halogens is 3. The van der Waals surface area contributed by atoms with Crippen molar-refractivity contribution in [3.63, 3.8) is 0 Å². The first-order valence-corrected chi connectivity index (χ1v) is 8.67. The zero-order valence-electron chi connectivity index (χ0n) is 13.2. The van der Waals surface area contributed by atoms with Gasteiger partial charge in [-0.3, -0.25) is 0 Å². The smallest absolute Gasteiger partial charge is 0.242 e. The van der Waals surface area contributed by atoms with Crippen molar-refractivity contribution in [2.75, 3.05) is 11.4 Å². The van der Waals surface area contributed by atoms with Crippen molar-refractivity contribution < 1.29 is 13.2 Å². The molecule has 126 valence electrons. The third-order valence-corrected chi connectivity index (χ3v) is 5.69. The number of alkyl halides is 2. The van der Waals surface area contributed by atoms with Crippen molar-refractivity contribution in [2.45, 2.75) is 69.0 Å². The number of rotatable bonds is 3. The first kappa shape index (κ1) is 15.3. The van der Waals surface area contributed by atoms with Gasteiger partial charge in [0.1, 0.15) is 5.82 Å². The number of piperazine rings is 1. The molecule has 1 aromatic rings. The van der Waals surface area contributed by atoms with Gasteiger partial charge < -0.3 is 10.2 Å². The Balaban J connectivity index is 1.61. The molecule has 1 N–H and O–H groups in total. The third kappa shape index (κ3) is 2.95. The van der Waals surface area contributed by atoms with E-state index in [-0.39, 0.29) is 11.1 Å². The fourth-order valence-corrected chi connectivity index (χ4v) is 4.32. The zero-order valence-corrected chi connectivity index (χ0v) is 13.2. The lowest BCUT2D eigenvalue weighted by atomic mass is 9.85. The van der Waals surface area contributed by atoms with Crippen LogP contribution in [0.4, 0.5) is 18.9 Å². The van der Waals surface area contributed by atoms with E-state index in [1.807, 2.05) is 6.07 Å². The summed E-state index contributed by atoms with van der Waals surface area (Å²) in [5, 5.41) is 3.82. The summed E-state index contributed by atoms with van der Waals surface area (Å²) in [7, 11) is 0. The molecule has 3 fully saturated rings. The Labute approximate surface area is 135 Å². The molecule has 0 aromatic heterocycles. The van der Waals surface area contributed by atoms with Crippen molar-refractivity contribution >= 4 is 5.69 Å². The molecule has 0 amide bonds. The van der Waals surface area contributed by atoms with Gasteiger partial charge >= 0.3 is 0 Å². The highest BCUT2D eigenvalue weighted by molar-refractivity contribution is 5.52. The maximum Gasteiger partial charge on any atom is 0.242 e. The van der Waals surface area contributed by atoms with Gasteiger partial charge in [0, 0.05) is 36.3 Å². The van der Waals surface area contributed by atoms with E-state index in [1.54, 1.807) is 0 Å². The Morgan fingerprint density at radius 2 is 2.00 bits per heavy atom. The Morgan fingerprint density at radius 3 is 2.70 bits per heavy atom. The van der Waals surface area contributed by atoms with E-state index in [4.69, 9.17) is 0 Å². The second kappa shape index (κ2) is 5.69. The fraction of sp³-hybridized carbons (Fsp3) is 0.667. The minimum absolute atomic E-state index is 0.111. The molecule has 1 heterocycles. The van der Waals surface area contributed by atoms with E-state index in [9.17, 15) is 13.2 Å². The van der Waals surface area contributed by atoms with Crippen molar-refractivity contribution in [1.82, 2.24) is 5.32 Å². The lowest BCUT2D eigenvalue weighted by Crippen LogP contribution is -2.64. The normalized spacial score (nSPS) is 29.0. The summed E-state index contributed by atoms with van der Waals surface area (Å²) in [6, 6.07) is 5.70. The Morgan fingerprint density at radius 1 is 1.22 bits per heavy atom. The lowest BCUT2D eigenvalue weighted by Gasteiger charge is -2.49. The van der Waals surface area contributed by atoms with Gasteiger partial charge in [-0.2, -0.15) is 0 Å². The molecule has 2 atom stereocenters. The second-order valence-corrected chi connectivity index (χ2v) is 7.38. The highest BCUT2D eigenvalue weighted by atomic mass is 19.3. The summed E-state index contributed by atoms with van der Waals surface area (Å²) in [4.78, 5) is 2.34. The molecular formula is C18H23F3N2. The van der Waals surface area contributed by atoms with E-state index in [2.05, 4.69) is 10.2 Å². The first-order valence-electron chi connectivity index (χ1n) is 8.67.